The van der Waals surface area contributed by atoms with Gasteiger partial charge in [0, 0.05) is 48.4 Å². The van der Waals surface area contributed by atoms with Crippen LogP contribution in [0.15, 0.2) is 34.9 Å². The fourth-order valence-corrected chi connectivity index (χ4v) is 3.70. The number of nitrogens with one attached hydrogen (secondary N) is 1. The Morgan fingerprint density at radius 3 is 2.92 bits per heavy atom. The first-order valence-corrected chi connectivity index (χ1v) is 8.45. The first kappa shape index (κ1) is 15.4. The number of furan rings is 1. The van der Waals surface area contributed by atoms with Crippen LogP contribution in [0.1, 0.15) is 35.0 Å². The van der Waals surface area contributed by atoms with E-state index >= 15 is 0 Å². The Hall–Kier alpha value is -2.11. The van der Waals surface area contributed by atoms with Gasteiger partial charge in [0.15, 0.2) is 0 Å². The van der Waals surface area contributed by atoms with E-state index in [2.05, 4.69) is 30.3 Å². The van der Waals surface area contributed by atoms with Crippen LogP contribution in [0.5, 0.6) is 0 Å². The van der Waals surface area contributed by atoms with Gasteiger partial charge in [-0.2, -0.15) is 5.10 Å². The van der Waals surface area contributed by atoms with Crippen molar-refractivity contribution in [1.29, 1.82) is 0 Å². The molecule has 3 heterocycles. The van der Waals surface area contributed by atoms with Crippen molar-refractivity contribution in [2.75, 3.05) is 6.61 Å². The van der Waals surface area contributed by atoms with E-state index in [0.717, 1.165) is 30.8 Å². The van der Waals surface area contributed by atoms with Gasteiger partial charge in [0.25, 0.3) is 0 Å². The molecular formula is C19H23N3O2. The minimum atomic E-state index is 0.0665. The number of rotatable bonds is 4. The van der Waals surface area contributed by atoms with Gasteiger partial charge in [0.05, 0.1) is 12.0 Å². The molecule has 0 radical (unpaired) electrons. The highest BCUT2D eigenvalue weighted by Crippen LogP contribution is 2.33. The van der Waals surface area contributed by atoms with E-state index in [0.29, 0.717) is 6.04 Å². The Kier molecular flexibility index (Phi) is 3.90. The summed E-state index contributed by atoms with van der Waals surface area (Å²) in [6, 6.07) is 8.44. The molecule has 4 rings (SSSR count). The third kappa shape index (κ3) is 2.54. The Morgan fingerprint density at radius 2 is 2.12 bits per heavy atom. The number of fused-ring (bicyclic) bond motifs is 1. The van der Waals surface area contributed by atoms with Crippen molar-refractivity contribution in [3.63, 3.8) is 0 Å². The second kappa shape index (κ2) is 6.07. The molecule has 24 heavy (non-hydrogen) atoms. The standard InChI is InChI=1S/C19H23N3O2/c1-12-18(13(2)22(3)21-12)19-16(8-9-23-19)20-10-14-11-24-17-7-5-4-6-15(14)17/h4-7,11,16,19-20H,8-10H2,1-3H3/t16-,19-/m0/s1. The molecule has 126 valence electrons. The summed E-state index contributed by atoms with van der Waals surface area (Å²) in [5.41, 5.74) is 5.59. The highest BCUT2D eigenvalue weighted by Gasteiger charge is 2.33. The summed E-state index contributed by atoms with van der Waals surface area (Å²) in [7, 11) is 1.99. The van der Waals surface area contributed by atoms with Crippen molar-refractivity contribution >= 4 is 11.0 Å². The summed E-state index contributed by atoms with van der Waals surface area (Å²) >= 11 is 0. The van der Waals surface area contributed by atoms with Crippen LogP contribution in [0.4, 0.5) is 0 Å². The molecule has 5 nitrogen and oxygen atoms in total. The maximum Gasteiger partial charge on any atom is 0.134 e. The predicted octanol–water partition coefficient (Wildman–Crippen LogP) is 3.40. The minimum absolute atomic E-state index is 0.0665. The number of para-hydroxylation sites is 1. The van der Waals surface area contributed by atoms with Crippen molar-refractivity contribution in [3.8, 4) is 0 Å². The summed E-state index contributed by atoms with van der Waals surface area (Å²) in [6.45, 7) is 5.73. The Bertz CT molecular complexity index is 865. The molecule has 1 aliphatic heterocycles. The molecule has 5 heteroatoms. The van der Waals surface area contributed by atoms with Crippen LogP contribution in [0.2, 0.25) is 0 Å². The van der Waals surface area contributed by atoms with Gasteiger partial charge in [0.1, 0.15) is 11.7 Å². The highest BCUT2D eigenvalue weighted by atomic mass is 16.5. The molecule has 1 aliphatic rings. The molecule has 0 saturated carbocycles. The quantitative estimate of drug-likeness (QED) is 0.799. The SMILES string of the molecule is Cc1nn(C)c(C)c1[C@H]1OCC[C@@H]1NCc1coc2ccccc12. The third-order valence-corrected chi connectivity index (χ3v) is 5.06. The van der Waals surface area contributed by atoms with Gasteiger partial charge in [-0.25, -0.2) is 0 Å². The van der Waals surface area contributed by atoms with Gasteiger partial charge >= 0.3 is 0 Å². The van der Waals surface area contributed by atoms with Crippen LogP contribution in [-0.2, 0) is 18.3 Å². The Balaban J connectivity index is 1.53. The van der Waals surface area contributed by atoms with E-state index in [1.165, 1.54) is 22.2 Å². The van der Waals surface area contributed by atoms with E-state index in [9.17, 15) is 0 Å². The monoisotopic (exact) mass is 325 g/mol. The van der Waals surface area contributed by atoms with Gasteiger partial charge < -0.3 is 14.5 Å². The normalized spacial score (nSPS) is 21.0. The second-order valence-electron chi connectivity index (χ2n) is 6.53. The van der Waals surface area contributed by atoms with E-state index in [-0.39, 0.29) is 6.10 Å². The summed E-state index contributed by atoms with van der Waals surface area (Å²) in [5.74, 6) is 0. The molecule has 1 aromatic carbocycles. The van der Waals surface area contributed by atoms with Crippen molar-refractivity contribution in [1.82, 2.24) is 15.1 Å². The molecule has 1 N–H and O–H groups in total. The van der Waals surface area contributed by atoms with Crippen molar-refractivity contribution in [2.24, 2.45) is 7.05 Å². The molecule has 3 aromatic rings. The lowest BCUT2D eigenvalue weighted by Crippen LogP contribution is -2.31. The lowest BCUT2D eigenvalue weighted by atomic mass is 10.00. The van der Waals surface area contributed by atoms with Crippen LogP contribution in [0, 0.1) is 13.8 Å². The molecular weight excluding hydrogens is 302 g/mol. The number of aromatic nitrogens is 2. The zero-order chi connectivity index (χ0) is 16.7. The molecule has 0 bridgehead atoms. The van der Waals surface area contributed by atoms with Gasteiger partial charge in [-0.15, -0.1) is 0 Å². The van der Waals surface area contributed by atoms with Gasteiger partial charge in [-0.05, 0) is 26.3 Å². The van der Waals surface area contributed by atoms with Gasteiger partial charge in [0.2, 0.25) is 0 Å². The summed E-state index contributed by atoms with van der Waals surface area (Å²) in [6.07, 6.45) is 2.92. The number of benzene rings is 1. The highest BCUT2D eigenvalue weighted by molar-refractivity contribution is 5.80. The molecule has 1 fully saturated rings. The first-order valence-electron chi connectivity index (χ1n) is 8.45. The summed E-state index contributed by atoms with van der Waals surface area (Å²) < 4.78 is 13.6. The van der Waals surface area contributed by atoms with E-state index < -0.39 is 0 Å². The van der Waals surface area contributed by atoms with Crippen molar-refractivity contribution in [2.45, 2.75) is 39.0 Å². The largest absolute Gasteiger partial charge is 0.464 e. The lowest BCUT2D eigenvalue weighted by Gasteiger charge is -2.20. The maximum atomic E-state index is 6.04. The average Bonchev–Trinajstić information content (AvgIpc) is 3.25. The number of aryl methyl sites for hydroxylation is 2. The fourth-order valence-electron chi connectivity index (χ4n) is 3.70. The smallest absolute Gasteiger partial charge is 0.134 e. The Morgan fingerprint density at radius 1 is 1.29 bits per heavy atom. The van der Waals surface area contributed by atoms with Crippen molar-refractivity contribution in [3.05, 3.63) is 53.0 Å². The predicted molar refractivity (Wildman–Crippen MR) is 92.8 cm³/mol. The average molecular weight is 325 g/mol. The third-order valence-electron chi connectivity index (χ3n) is 5.06. The summed E-state index contributed by atoms with van der Waals surface area (Å²) in [4.78, 5) is 0. The van der Waals surface area contributed by atoms with Crippen LogP contribution in [0.25, 0.3) is 11.0 Å². The molecule has 2 aromatic heterocycles. The van der Waals surface area contributed by atoms with E-state index in [1.54, 1.807) is 0 Å². The van der Waals surface area contributed by atoms with Crippen LogP contribution in [-0.4, -0.2) is 22.4 Å². The Labute approximate surface area is 141 Å². The zero-order valence-electron chi connectivity index (χ0n) is 14.4. The van der Waals surface area contributed by atoms with E-state index in [1.807, 2.05) is 36.2 Å². The van der Waals surface area contributed by atoms with Crippen LogP contribution < -0.4 is 5.32 Å². The molecule has 2 atom stereocenters. The second-order valence-corrected chi connectivity index (χ2v) is 6.53. The number of hydrogen-bond donors (Lipinski definition) is 1. The number of ether oxygens (including phenoxy) is 1. The molecule has 0 amide bonds. The molecule has 1 saturated heterocycles. The summed E-state index contributed by atoms with van der Waals surface area (Å²) in [5, 5.41) is 9.38. The molecule has 0 aliphatic carbocycles. The van der Waals surface area contributed by atoms with Crippen molar-refractivity contribution < 1.29 is 9.15 Å². The first-order chi connectivity index (χ1) is 11.6. The van der Waals surface area contributed by atoms with Gasteiger partial charge in [-0.3, -0.25) is 4.68 Å². The minimum Gasteiger partial charge on any atom is -0.464 e. The van der Waals surface area contributed by atoms with E-state index in [4.69, 9.17) is 9.15 Å². The molecule has 0 spiro atoms. The molecule has 0 unspecified atom stereocenters. The van der Waals surface area contributed by atoms with Gasteiger partial charge in [-0.1, -0.05) is 18.2 Å². The lowest BCUT2D eigenvalue weighted by molar-refractivity contribution is 0.0974. The van der Waals surface area contributed by atoms with Crippen LogP contribution >= 0.6 is 0 Å². The number of nitrogens with zero attached hydrogens (tertiary/aromatic N) is 2. The zero-order valence-corrected chi connectivity index (χ0v) is 14.4. The topological polar surface area (TPSA) is 52.2 Å². The fraction of sp³-hybridized carbons (Fsp3) is 0.421. The maximum absolute atomic E-state index is 6.04. The number of hydrogen-bond acceptors (Lipinski definition) is 4. The van der Waals surface area contributed by atoms with Crippen LogP contribution in [0.3, 0.4) is 0 Å².